The van der Waals surface area contributed by atoms with Gasteiger partial charge in [0.15, 0.2) is 0 Å². The molecule has 9 heavy (non-hydrogen) atoms. The Morgan fingerprint density at radius 3 is 2.67 bits per heavy atom. The number of carboxylic acids is 1. The molecule has 0 fully saturated rings. The van der Waals surface area contributed by atoms with Crippen molar-refractivity contribution in [2.45, 2.75) is 32.2 Å². The van der Waals surface area contributed by atoms with Crippen molar-refractivity contribution in [2.24, 2.45) is 0 Å². The summed E-state index contributed by atoms with van der Waals surface area (Å²) >= 11 is 0. The summed E-state index contributed by atoms with van der Waals surface area (Å²) in [5.74, 6) is -0.712. The second-order valence-electron chi connectivity index (χ2n) is 2.39. The summed E-state index contributed by atoms with van der Waals surface area (Å²) in [7, 11) is 0. The average molecular weight is 132 g/mol. The molecule has 0 spiro atoms. The summed E-state index contributed by atoms with van der Waals surface area (Å²) in [5.41, 5.74) is 3.74. The summed E-state index contributed by atoms with van der Waals surface area (Å²) in [4.78, 5) is 9.96. The summed E-state index contributed by atoms with van der Waals surface area (Å²) in [6.07, 6.45) is 1.94. The van der Waals surface area contributed by atoms with Crippen molar-refractivity contribution >= 4 is 5.97 Å². The third-order valence-corrected chi connectivity index (χ3v) is 1.09. The Labute approximate surface area is 54.9 Å². The second-order valence-corrected chi connectivity index (χ2v) is 2.39. The predicted molar refractivity (Wildman–Crippen MR) is 33.8 cm³/mol. The molecule has 0 rings (SSSR count). The monoisotopic (exact) mass is 132 g/mol. The van der Waals surface area contributed by atoms with E-state index in [2.05, 4.69) is 5.73 Å². The van der Waals surface area contributed by atoms with E-state index in [9.17, 15) is 4.79 Å². The van der Waals surface area contributed by atoms with Crippen LogP contribution in [-0.2, 0) is 4.79 Å². The zero-order valence-corrected chi connectivity index (χ0v) is 5.76. The Morgan fingerprint density at radius 1 is 1.78 bits per heavy atom. The molecule has 0 aliphatic rings. The van der Waals surface area contributed by atoms with Gasteiger partial charge in [-0.15, -0.1) is 0 Å². The Morgan fingerprint density at radius 2 is 2.33 bits per heavy atom. The van der Waals surface area contributed by atoms with E-state index >= 15 is 0 Å². The molecule has 0 aromatic rings. The quantitative estimate of drug-likeness (QED) is 0.559. The minimum atomic E-state index is -0.712. The predicted octanol–water partition coefficient (Wildman–Crippen LogP) is -0.128. The summed E-state index contributed by atoms with van der Waals surface area (Å²) < 4.78 is 0. The average Bonchev–Trinajstić information content (AvgIpc) is 1.63. The molecule has 0 amide bonds. The van der Waals surface area contributed by atoms with Crippen LogP contribution in [0.1, 0.15) is 26.2 Å². The van der Waals surface area contributed by atoms with Crippen LogP contribution in [0.2, 0.25) is 0 Å². The standard InChI is InChI=1S/C6H13NO2/c1-5(7)3-2-4-6(8)9/h5H,2-4,7H2,1H3,(H,8,9)/p+1/t5-/m1/s1. The van der Waals surface area contributed by atoms with E-state index in [-0.39, 0.29) is 6.42 Å². The van der Waals surface area contributed by atoms with Gasteiger partial charge in [0.25, 0.3) is 0 Å². The highest BCUT2D eigenvalue weighted by Gasteiger charge is 1.99. The summed E-state index contributed by atoms with van der Waals surface area (Å²) in [6, 6.07) is 0.379. The number of carbonyl (C=O) groups is 1. The summed E-state index contributed by atoms with van der Waals surface area (Å²) in [6.45, 7) is 1.99. The first-order valence-electron chi connectivity index (χ1n) is 3.18. The minimum Gasteiger partial charge on any atom is -0.481 e. The third-order valence-electron chi connectivity index (χ3n) is 1.09. The van der Waals surface area contributed by atoms with Crippen LogP contribution in [0.5, 0.6) is 0 Å². The lowest BCUT2D eigenvalue weighted by molar-refractivity contribution is -0.415. The first kappa shape index (κ1) is 8.43. The molecule has 3 heteroatoms. The van der Waals surface area contributed by atoms with Crippen molar-refractivity contribution in [2.75, 3.05) is 0 Å². The molecule has 3 nitrogen and oxygen atoms in total. The van der Waals surface area contributed by atoms with Crippen molar-refractivity contribution in [3.8, 4) is 0 Å². The molecule has 54 valence electrons. The molecular formula is C6H14NO2+. The highest BCUT2D eigenvalue weighted by molar-refractivity contribution is 5.66. The van der Waals surface area contributed by atoms with Gasteiger partial charge in [-0.2, -0.15) is 0 Å². The first-order valence-corrected chi connectivity index (χ1v) is 3.18. The highest BCUT2D eigenvalue weighted by Crippen LogP contribution is 1.95. The smallest absolute Gasteiger partial charge is 0.303 e. The van der Waals surface area contributed by atoms with Gasteiger partial charge in [-0.1, -0.05) is 0 Å². The Hall–Kier alpha value is -0.570. The van der Waals surface area contributed by atoms with Crippen LogP contribution in [0.4, 0.5) is 0 Å². The van der Waals surface area contributed by atoms with Gasteiger partial charge in [0.2, 0.25) is 0 Å². The number of hydrogen-bond acceptors (Lipinski definition) is 1. The van der Waals surface area contributed by atoms with Gasteiger partial charge >= 0.3 is 5.97 Å². The molecule has 0 aliphatic heterocycles. The van der Waals surface area contributed by atoms with E-state index in [1.165, 1.54) is 0 Å². The SMILES string of the molecule is C[C@@H]([NH3+])CCCC(=O)O. The highest BCUT2D eigenvalue weighted by atomic mass is 16.4. The van der Waals surface area contributed by atoms with Gasteiger partial charge in [-0.25, -0.2) is 0 Å². The minimum absolute atomic E-state index is 0.278. The molecule has 0 unspecified atom stereocenters. The van der Waals surface area contributed by atoms with Crippen LogP contribution in [0, 0.1) is 0 Å². The number of quaternary nitrogens is 1. The Kier molecular flexibility index (Phi) is 4.05. The van der Waals surface area contributed by atoms with Gasteiger partial charge in [0, 0.05) is 6.42 Å². The largest absolute Gasteiger partial charge is 0.481 e. The number of aliphatic carboxylic acids is 1. The van der Waals surface area contributed by atoms with Crippen molar-refractivity contribution in [3.05, 3.63) is 0 Å². The topological polar surface area (TPSA) is 64.9 Å². The van der Waals surface area contributed by atoms with Crippen molar-refractivity contribution < 1.29 is 15.6 Å². The molecule has 0 radical (unpaired) electrons. The molecule has 0 saturated carbocycles. The van der Waals surface area contributed by atoms with Crippen LogP contribution in [0.15, 0.2) is 0 Å². The maximum absolute atomic E-state index is 9.96. The second kappa shape index (κ2) is 4.32. The first-order chi connectivity index (χ1) is 4.13. The zero-order valence-electron chi connectivity index (χ0n) is 5.76. The van der Waals surface area contributed by atoms with E-state index in [1.807, 2.05) is 6.92 Å². The fraction of sp³-hybridized carbons (Fsp3) is 0.833. The Bertz CT molecular complexity index is 91.1. The van der Waals surface area contributed by atoms with E-state index in [4.69, 9.17) is 5.11 Å². The molecule has 0 saturated heterocycles. The molecule has 0 aromatic heterocycles. The van der Waals surface area contributed by atoms with E-state index in [0.29, 0.717) is 6.04 Å². The molecule has 4 N–H and O–H groups in total. The van der Waals surface area contributed by atoms with Gasteiger partial charge in [-0.3, -0.25) is 4.79 Å². The number of hydrogen-bond donors (Lipinski definition) is 2. The van der Waals surface area contributed by atoms with Gasteiger partial charge in [0.1, 0.15) is 0 Å². The fourth-order valence-corrected chi connectivity index (χ4v) is 0.602. The van der Waals surface area contributed by atoms with Crippen LogP contribution in [-0.4, -0.2) is 17.1 Å². The molecule has 0 bridgehead atoms. The van der Waals surface area contributed by atoms with Gasteiger partial charge < -0.3 is 10.8 Å². The molecule has 0 heterocycles. The van der Waals surface area contributed by atoms with Crippen molar-refractivity contribution in [1.82, 2.24) is 0 Å². The lowest BCUT2D eigenvalue weighted by Crippen LogP contribution is -2.58. The van der Waals surface area contributed by atoms with Gasteiger partial charge in [0.05, 0.1) is 6.04 Å². The van der Waals surface area contributed by atoms with Gasteiger partial charge in [-0.05, 0) is 19.8 Å². The lowest BCUT2D eigenvalue weighted by atomic mass is 10.1. The van der Waals surface area contributed by atoms with E-state index in [1.54, 1.807) is 0 Å². The van der Waals surface area contributed by atoms with E-state index < -0.39 is 5.97 Å². The summed E-state index contributed by atoms with van der Waals surface area (Å²) in [5, 5.41) is 8.21. The fourth-order valence-electron chi connectivity index (χ4n) is 0.602. The van der Waals surface area contributed by atoms with Crippen LogP contribution in [0.25, 0.3) is 0 Å². The van der Waals surface area contributed by atoms with Crippen molar-refractivity contribution in [1.29, 1.82) is 0 Å². The molecule has 0 aliphatic carbocycles. The molecular weight excluding hydrogens is 118 g/mol. The lowest BCUT2D eigenvalue weighted by Gasteiger charge is -1.97. The van der Waals surface area contributed by atoms with E-state index in [0.717, 1.165) is 12.8 Å². The normalized spacial score (nSPS) is 13.1. The van der Waals surface area contributed by atoms with Crippen LogP contribution < -0.4 is 5.73 Å². The third kappa shape index (κ3) is 7.43. The zero-order chi connectivity index (χ0) is 7.28. The molecule has 1 atom stereocenters. The number of carboxylic acid groups (broad SMARTS) is 1. The van der Waals surface area contributed by atoms with Crippen LogP contribution >= 0.6 is 0 Å². The molecule has 0 aromatic carbocycles. The van der Waals surface area contributed by atoms with Crippen molar-refractivity contribution in [3.63, 3.8) is 0 Å². The Balaban J connectivity index is 3.01. The maximum atomic E-state index is 9.96. The number of rotatable bonds is 4. The van der Waals surface area contributed by atoms with Crippen LogP contribution in [0.3, 0.4) is 0 Å². The maximum Gasteiger partial charge on any atom is 0.303 e.